The molecule has 36 heavy (non-hydrogen) atoms. The predicted octanol–water partition coefficient (Wildman–Crippen LogP) is 5.45. The van der Waals surface area contributed by atoms with E-state index < -0.39 is 50.9 Å². The molecule has 2 aliphatic rings. The Hall–Kier alpha value is -2.69. The fraction of sp³-hybridized carbons (Fsp3) is 0.480. The van der Waals surface area contributed by atoms with Crippen molar-refractivity contribution >= 4 is 21.2 Å². The van der Waals surface area contributed by atoms with Crippen LogP contribution in [-0.4, -0.2) is 41.8 Å². The number of carbonyl (C=O) groups is 1. The van der Waals surface area contributed by atoms with E-state index in [4.69, 9.17) is 0 Å². The molecule has 2 aliphatic carbocycles. The molecule has 11 heteroatoms. The van der Waals surface area contributed by atoms with Gasteiger partial charge in [-0.25, -0.2) is 27.2 Å². The van der Waals surface area contributed by atoms with E-state index in [2.05, 4.69) is 9.97 Å². The van der Waals surface area contributed by atoms with Gasteiger partial charge in [-0.2, -0.15) is 13.2 Å². The van der Waals surface area contributed by atoms with Crippen molar-refractivity contribution in [2.75, 3.05) is 0 Å². The Labute approximate surface area is 205 Å². The highest BCUT2D eigenvalue weighted by atomic mass is 32.2. The van der Waals surface area contributed by atoms with Crippen molar-refractivity contribution in [3.05, 3.63) is 59.9 Å². The van der Waals surface area contributed by atoms with Crippen molar-refractivity contribution in [2.45, 2.75) is 67.4 Å². The van der Waals surface area contributed by atoms with Crippen molar-refractivity contribution in [1.82, 2.24) is 9.97 Å². The van der Waals surface area contributed by atoms with Crippen LogP contribution in [0.15, 0.2) is 47.6 Å². The third kappa shape index (κ3) is 5.82. The van der Waals surface area contributed by atoms with Gasteiger partial charge in [-0.1, -0.05) is 6.08 Å². The third-order valence-corrected chi connectivity index (χ3v) is 9.20. The maximum atomic E-state index is 14.2. The van der Waals surface area contributed by atoms with Gasteiger partial charge in [-0.3, -0.25) is 4.79 Å². The van der Waals surface area contributed by atoms with E-state index in [1.165, 1.54) is 12.4 Å². The second-order valence-electron chi connectivity index (χ2n) is 9.32. The number of nitrogens with zero attached hydrogens (tertiary/aromatic N) is 2. The van der Waals surface area contributed by atoms with E-state index in [1.807, 2.05) is 0 Å². The number of carbonyl (C=O) groups excluding carboxylic acids is 1. The first-order valence-corrected chi connectivity index (χ1v) is 13.2. The lowest BCUT2D eigenvalue weighted by Gasteiger charge is -2.24. The minimum Gasteiger partial charge on any atom is -0.299 e. The van der Waals surface area contributed by atoms with Gasteiger partial charge >= 0.3 is 6.18 Å². The Morgan fingerprint density at radius 2 is 1.81 bits per heavy atom. The van der Waals surface area contributed by atoms with Crippen LogP contribution in [0, 0.1) is 17.7 Å². The number of rotatable bonds is 7. The monoisotopic (exact) mass is 528 g/mol. The van der Waals surface area contributed by atoms with Crippen LogP contribution in [0.3, 0.4) is 0 Å². The van der Waals surface area contributed by atoms with Gasteiger partial charge in [0.25, 0.3) is 0 Å². The van der Waals surface area contributed by atoms with Crippen LogP contribution in [0.5, 0.6) is 0 Å². The number of halogens is 5. The highest BCUT2D eigenvalue weighted by Gasteiger charge is 2.46. The number of aryl methyl sites for hydroxylation is 1. The highest BCUT2D eigenvalue weighted by Crippen LogP contribution is 2.40. The Morgan fingerprint density at radius 3 is 2.44 bits per heavy atom. The molecular weight excluding hydrogens is 503 g/mol. The van der Waals surface area contributed by atoms with Crippen LogP contribution in [0.4, 0.5) is 22.0 Å². The summed E-state index contributed by atoms with van der Waals surface area (Å²) in [5.74, 6) is -3.41. The summed E-state index contributed by atoms with van der Waals surface area (Å²) in [7, 11) is -4.04. The van der Waals surface area contributed by atoms with Crippen molar-refractivity contribution in [1.29, 1.82) is 0 Å². The molecule has 0 saturated heterocycles. The lowest BCUT2D eigenvalue weighted by molar-refractivity contribution is -0.175. The largest absolute Gasteiger partial charge is 0.392 e. The Balaban J connectivity index is 1.43. The zero-order valence-electron chi connectivity index (χ0n) is 19.2. The first kappa shape index (κ1) is 26.4. The minimum absolute atomic E-state index is 0.0247. The number of hydrogen-bond donors (Lipinski definition) is 0. The summed E-state index contributed by atoms with van der Waals surface area (Å²) in [6.07, 6.45) is -3.21. The number of allylic oxidation sites excluding steroid dienone is 2. The minimum atomic E-state index is -4.24. The molecule has 1 aromatic heterocycles. The number of sulfone groups is 1. The number of benzene rings is 1. The summed E-state index contributed by atoms with van der Waals surface area (Å²) in [5, 5.41) is -1.24. The quantitative estimate of drug-likeness (QED) is 0.353. The van der Waals surface area contributed by atoms with E-state index in [0.29, 0.717) is 17.0 Å². The predicted molar refractivity (Wildman–Crippen MR) is 122 cm³/mol. The standard InChI is InChI=1S/C25H25F5N2O3S/c26-17-5-8-20(9-6-17)36(34,35)24-12-18(27)11-21(24)23(33)10-7-19-13-22(32-14-31-19)15-1-3-16(4-2-15)25(28,29)30/h1,5-6,8-9,13-14,16,18,21,24H,2-4,7,10-12H2/t16?,18-,21+,24?/m1/s1. The number of ketones is 1. The zero-order valence-corrected chi connectivity index (χ0v) is 20.0. The summed E-state index contributed by atoms with van der Waals surface area (Å²) < 4.78 is 92.3. The van der Waals surface area contributed by atoms with Gasteiger partial charge in [-0.15, -0.1) is 0 Å². The summed E-state index contributed by atoms with van der Waals surface area (Å²) in [5.41, 5.74) is 1.67. The zero-order chi connectivity index (χ0) is 26.1. The van der Waals surface area contributed by atoms with Crippen LogP contribution in [0.1, 0.15) is 49.9 Å². The van der Waals surface area contributed by atoms with Crippen LogP contribution in [-0.2, 0) is 21.1 Å². The topological polar surface area (TPSA) is 77.0 Å². The maximum absolute atomic E-state index is 14.2. The molecule has 1 fully saturated rings. The van der Waals surface area contributed by atoms with E-state index in [9.17, 15) is 35.2 Å². The first-order valence-electron chi connectivity index (χ1n) is 11.7. The van der Waals surface area contributed by atoms with Crippen molar-refractivity contribution in [2.24, 2.45) is 11.8 Å². The van der Waals surface area contributed by atoms with E-state index >= 15 is 0 Å². The molecule has 0 bridgehead atoms. The molecule has 2 unspecified atom stereocenters. The number of alkyl halides is 4. The van der Waals surface area contributed by atoms with Gasteiger partial charge < -0.3 is 0 Å². The summed E-state index contributed by atoms with van der Waals surface area (Å²) in [6, 6.07) is 5.84. The van der Waals surface area contributed by atoms with Gasteiger partial charge in [-0.05, 0) is 74.4 Å². The van der Waals surface area contributed by atoms with Crippen LogP contribution < -0.4 is 0 Å². The second-order valence-corrected chi connectivity index (χ2v) is 11.5. The van der Waals surface area contributed by atoms with Gasteiger partial charge in [0, 0.05) is 18.0 Å². The fourth-order valence-electron chi connectivity index (χ4n) is 4.93. The average Bonchev–Trinajstić information content (AvgIpc) is 3.25. The first-order chi connectivity index (χ1) is 16.9. The lowest BCUT2D eigenvalue weighted by Crippen LogP contribution is -2.31. The molecule has 1 aromatic carbocycles. The summed E-state index contributed by atoms with van der Waals surface area (Å²) >= 11 is 0. The van der Waals surface area contributed by atoms with Crippen LogP contribution in [0.2, 0.25) is 0 Å². The number of Topliss-reactive ketones (excluding diaryl/α,β-unsaturated/α-hetero) is 1. The molecular formula is C25H25F5N2O3S. The molecule has 194 valence electrons. The molecule has 0 radical (unpaired) electrons. The van der Waals surface area contributed by atoms with Crippen molar-refractivity contribution < 1.29 is 35.2 Å². The number of hydrogen-bond acceptors (Lipinski definition) is 5. The van der Waals surface area contributed by atoms with Gasteiger partial charge in [0.15, 0.2) is 9.84 Å². The van der Waals surface area contributed by atoms with E-state index in [0.717, 1.165) is 24.3 Å². The Kier molecular flexibility index (Phi) is 7.59. The van der Waals surface area contributed by atoms with Crippen LogP contribution in [0.25, 0.3) is 5.57 Å². The molecule has 5 nitrogen and oxygen atoms in total. The van der Waals surface area contributed by atoms with E-state index in [1.54, 1.807) is 6.07 Å². The van der Waals surface area contributed by atoms with Gasteiger partial charge in [0.1, 0.15) is 24.1 Å². The third-order valence-electron chi connectivity index (χ3n) is 6.95. The average molecular weight is 529 g/mol. The van der Waals surface area contributed by atoms with Crippen LogP contribution >= 0.6 is 0 Å². The normalized spacial score (nSPS) is 25.0. The smallest absolute Gasteiger partial charge is 0.299 e. The summed E-state index contributed by atoms with van der Waals surface area (Å²) in [4.78, 5) is 21.1. The molecule has 4 atom stereocenters. The lowest BCUT2D eigenvalue weighted by atomic mass is 9.87. The molecule has 4 rings (SSSR count). The molecule has 0 amide bonds. The van der Waals surface area contributed by atoms with E-state index in [-0.39, 0.29) is 49.8 Å². The Morgan fingerprint density at radius 1 is 1.08 bits per heavy atom. The maximum Gasteiger partial charge on any atom is 0.392 e. The van der Waals surface area contributed by atoms with Crippen molar-refractivity contribution in [3.8, 4) is 0 Å². The molecule has 1 saturated carbocycles. The molecule has 2 aromatic rings. The fourth-order valence-corrected chi connectivity index (χ4v) is 6.95. The SMILES string of the molecule is O=C(CCc1cc(C2=CCC(C(F)(F)F)CC2)ncn1)[C@@H]1C[C@@H](F)CC1S(=O)(=O)c1ccc(F)cc1. The highest BCUT2D eigenvalue weighted by molar-refractivity contribution is 7.92. The Bertz CT molecular complexity index is 1250. The molecule has 0 spiro atoms. The molecule has 0 aliphatic heterocycles. The number of aromatic nitrogens is 2. The summed E-state index contributed by atoms with van der Waals surface area (Å²) in [6.45, 7) is 0. The molecule has 1 heterocycles. The molecule has 0 N–H and O–H groups in total. The van der Waals surface area contributed by atoms with Gasteiger partial charge in [0.2, 0.25) is 0 Å². The second kappa shape index (κ2) is 10.4. The van der Waals surface area contributed by atoms with Gasteiger partial charge in [0.05, 0.1) is 21.8 Å². The van der Waals surface area contributed by atoms with Crippen molar-refractivity contribution in [3.63, 3.8) is 0 Å².